The van der Waals surface area contributed by atoms with Gasteiger partial charge in [-0.05, 0) is 60.7 Å². The third kappa shape index (κ3) is 5.25. The molecule has 1 amide bonds. The van der Waals surface area contributed by atoms with E-state index in [2.05, 4.69) is 45.4 Å². The maximum absolute atomic E-state index is 14.6. The van der Waals surface area contributed by atoms with Crippen LogP contribution < -0.4 is 10.2 Å². The number of hydrogen-bond donors (Lipinski definition) is 1. The van der Waals surface area contributed by atoms with E-state index in [1.165, 1.54) is 35.6 Å². The number of halogens is 1. The van der Waals surface area contributed by atoms with Crippen LogP contribution in [0.4, 0.5) is 10.2 Å². The predicted octanol–water partition coefficient (Wildman–Crippen LogP) is 4.82. The molecule has 1 fully saturated rings. The van der Waals surface area contributed by atoms with Crippen LogP contribution in [0.3, 0.4) is 0 Å². The van der Waals surface area contributed by atoms with Crippen molar-refractivity contribution < 1.29 is 9.18 Å². The summed E-state index contributed by atoms with van der Waals surface area (Å²) in [5.41, 5.74) is 3.14. The summed E-state index contributed by atoms with van der Waals surface area (Å²) in [5, 5.41) is 11.3. The molecular formula is C30H29FN8O. The Morgan fingerprint density at radius 1 is 1.02 bits per heavy atom. The van der Waals surface area contributed by atoms with Gasteiger partial charge in [0.1, 0.15) is 17.3 Å². The topological polar surface area (TPSA) is 102 Å². The molecule has 0 spiro atoms. The summed E-state index contributed by atoms with van der Waals surface area (Å²) in [6.45, 7) is 6.73. The zero-order chi connectivity index (χ0) is 27.6. The Kier molecular flexibility index (Phi) is 6.90. The zero-order valence-corrected chi connectivity index (χ0v) is 22.3. The lowest BCUT2D eigenvalue weighted by Gasteiger charge is -2.35. The highest BCUT2D eigenvalue weighted by molar-refractivity contribution is 5.97. The van der Waals surface area contributed by atoms with E-state index in [1.807, 2.05) is 30.3 Å². The Morgan fingerprint density at radius 3 is 2.62 bits per heavy atom. The van der Waals surface area contributed by atoms with Crippen molar-refractivity contribution in [2.75, 3.05) is 18.0 Å². The van der Waals surface area contributed by atoms with Crippen molar-refractivity contribution in [3.8, 4) is 17.1 Å². The zero-order valence-electron chi connectivity index (χ0n) is 22.3. The molecule has 40 heavy (non-hydrogen) atoms. The first-order valence-electron chi connectivity index (χ1n) is 13.4. The molecule has 5 aromatic rings. The van der Waals surface area contributed by atoms with E-state index in [0.29, 0.717) is 17.5 Å². The van der Waals surface area contributed by atoms with E-state index in [0.717, 1.165) is 41.2 Å². The van der Waals surface area contributed by atoms with Gasteiger partial charge in [0.05, 0.1) is 47.1 Å². The lowest BCUT2D eigenvalue weighted by molar-refractivity contribution is 0.0949. The minimum atomic E-state index is -0.569. The number of pyridine rings is 3. The van der Waals surface area contributed by atoms with E-state index in [1.54, 1.807) is 12.3 Å². The molecule has 0 unspecified atom stereocenters. The maximum atomic E-state index is 14.6. The van der Waals surface area contributed by atoms with Crippen molar-refractivity contribution in [3.05, 3.63) is 90.3 Å². The number of benzene rings is 1. The largest absolute Gasteiger partial charge is 0.356 e. The lowest BCUT2D eigenvalue weighted by atomic mass is 9.92. The van der Waals surface area contributed by atoms with Gasteiger partial charge in [-0.15, -0.1) is 5.10 Å². The molecule has 4 aromatic heterocycles. The maximum Gasteiger partial charge on any atom is 0.253 e. The number of fused-ring (bicyclic) bond motifs is 1. The summed E-state index contributed by atoms with van der Waals surface area (Å²) in [4.78, 5) is 29.6. The van der Waals surface area contributed by atoms with Gasteiger partial charge in [-0.2, -0.15) is 0 Å². The number of aromatic nitrogens is 6. The Hall–Kier alpha value is -4.73. The highest BCUT2D eigenvalue weighted by atomic mass is 19.1. The number of anilines is 1. The number of nitrogens with one attached hydrogen (secondary N) is 1. The van der Waals surface area contributed by atoms with Crippen LogP contribution in [-0.2, 0) is 6.54 Å². The number of para-hydroxylation sites is 1. The molecule has 1 N–H and O–H groups in total. The van der Waals surface area contributed by atoms with Crippen LogP contribution in [0, 0.1) is 17.7 Å². The number of carbonyl (C=O) groups is 1. The molecule has 6 rings (SSSR count). The van der Waals surface area contributed by atoms with Gasteiger partial charge < -0.3 is 10.2 Å². The van der Waals surface area contributed by atoms with E-state index >= 15 is 0 Å². The summed E-state index contributed by atoms with van der Waals surface area (Å²) in [5.74, 6) is 1.22. The van der Waals surface area contributed by atoms with Crippen LogP contribution in [0.5, 0.6) is 0 Å². The molecular weight excluding hydrogens is 507 g/mol. The molecule has 0 saturated carbocycles. The summed E-state index contributed by atoms with van der Waals surface area (Å²) < 4.78 is 15.8. The highest BCUT2D eigenvalue weighted by Gasteiger charge is 2.23. The molecule has 0 bridgehead atoms. The quantitative estimate of drug-likeness (QED) is 0.332. The van der Waals surface area contributed by atoms with Crippen molar-refractivity contribution in [1.29, 1.82) is 0 Å². The fraction of sp³-hybridized carbons (Fsp3) is 0.267. The van der Waals surface area contributed by atoms with Gasteiger partial charge >= 0.3 is 0 Å². The number of piperidine rings is 1. The smallest absolute Gasteiger partial charge is 0.253 e. The second kappa shape index (κ2) is 10.8. The standard InChI is InChI=1S/C30H29FN8O/c1-19-13-20(2)18-38(17-19)28-8-4-7-25(36-28)26-10-9-21-15-32-22(14-27(21)35-26)16-33-30(40)23-5-3-6-24(31)29(23)39-12-11-34-37-39/h3-12,14-15,19-20H,13,16-18H2,1-2H3,(H,33,40)/t19-,20+. The van der Waals surface area contributed by atoms with Crippen LogP contribution in [0.15, 0.2) is 73.2 Å². The summed E-state index contributed by atoms with van der Waals surface area (Å²) in [7, 11) is 0. The normalized spacial score (nSPS) is 17.2. The van der Waals surface area contributed by atoms with Gasteiger partial charge in [-0.1, -0.05) is 31.2 Å². The van der Waals surface area contributed by atoms with Crippen LogP contribution in [0.2, 0.25) is 0 Å². The Morgan fingerprint density at radius 2 is 1.82 bits per heavy atom. The molecule has 5 heterocycles. The minimum absolute atomic E-state index is 0.0403. The molecule has 10 heteroatoms. The van der Waals surface area contributed by atoms with Crippen molar-refractivity contribution >= 4 is 22.6 Å². The Bertz CT molecular complexity index is 1660. The average molecular weight is 537 g/mol. The summed E-state index contributed by atoms with van der Waals surface area (Å²) >= 11 is 0. The summed E-state index contributed by atoms with van der Waals surface area (Å²) in [6.07, 6.45) is 5.89. The van der Waals surface area contributed by atoms with Crippen molar-refractivity contribution in [1.82, 2.24) is 35.3 Å². The number of carbonyl (C=O) groups excluding carboxylic acids is 1. The monoisotopic (exact) mass is 536 g/mol. The lowest BCUT2D eigenvalue weighted by Crippen LogP contribution is -2.39. The number of amides is 1. The number of nitrogens with zero attached hydrogens (tertiary/aromatic N) is 7. The molecule has 2 atom stereocenters. The third-order valence-corrected chi connectivity index (χ3v) is 7.13. The Balaban J connectivity index is 1.22. The van der Waals surface area contributed by atoms with Crippen LogP contribution in [0.25, 0.3) is 28.0 Å². The van der Waals surface area contributed by atoms with Gasteiger partial charge in [-0.25, -0.2) is 19.0 Å². The van der Waals surface area contributed by atoms with E-state index in [4.69, 9.17) is 9.97 Å². The van der Waals surface area contributed by atoms with Gasteiger partial charge in [0, 0.05) is 24.7 Å². The van der Waals surface area contributed by atoms with Crippen molar-refractivity contribution in [2.24, 2.45) is 11.8 Å². The summed E-state index contributed by atoms with van der Waals surface area (Å²) in [6, 6.07) is 16.2. The van der Waals surface area contributed by atoms with Gasteiger partial charge in [0.25, 0.3) is 5.91 Å². The van der Waals surface area contributed by atoms with E-state index in [9.17, 15) is 9.18 Å². The molecule has 9 nitrogen and oxygen atoms in total. The van der Waals surface area contributed by atoms with Crippen LogP contribution in [-0.4, -0.2) is 48.9 Å². The number of rotatable bonds is 6. The third-order valence-electron chi connectivity index (χ3n) is 7.13. The van der Waals surface area contributed by atoms with Crippen molar-refractivity contribution in [2.45, 2.75) is 26.8 Å². The van der Waals surface area contributed by atoms with Crippen molar-refractivity contribution in [3.63, 3.8) is 0 Å². The van der Waals surface area contributed by atoms with Gasteiger partial charge in [-0.3, -0.25) is 9.78 Å². The molecule has 0 radical (unpaired) electrons. The van der Waals surface area contributed by atoms with Crippen LogP contribution >= 0.6 is 0 Å². The molecule has 0 aliphatic carbocycles. The average Bonchev–Trinajstić information content (AvgIpc) is 3.49. The van der Waals surface area contributed by atoms with Crippen LogP contribution in [0.1, 0.15) is 36.3 Å². The SMILES string of the molecule is C[C@@H]1C[C@H](C)CN(c2cccc(-c3ccc4cnc(CNC(=O)c5cccc(F)c5-n5ccnn5)cc4n3)n2)C1. The molecule has 1 saturated heterocycles. The van der Waals surface area contributed by atoms with Gasteiger partial charge in [0.2, 0.25) is 0 Å². The fourth-order valence-electron chi connectivity index (χ4n) is 5.41. The molecule has 1 aliphatic rings. The second-order valence-corrected chi connectivity index (χ2v) is 10.5. The first-order chi connectivity index (χ1) is 19.4. The van der Waals surface area contributed by atoms with E-state index < -0.39 is 11.7 Å². The molecule has 1 aromatic carbocycles. The van der Waals surface area contributed by atoms with E-state index in [-0.39, 0.29) is 17.8 Å². The fourth-order valence-corrected chi connectivity index (χ4v) is 5.41. The van der Waals surface area contributed by atoms with Gasteiger partial charge in [0.15, 0.2) is 0 Å². The molecule has 202 valence electrons. The second-order valence-electron chi connectivity index (χ2n) is 10.5. The Labute approximate surface area is 231 Å². The highest BCUT2D eigenvalue weighted by Crippen LogP contribution is 2.27. The predicted molar refractivity (Wildman–Crippen MR) is 150 cm³/mol. The first kappa shape index (κ1) is 25.5. The number of hydrogen-bond acceptors (Lipinski definition) is 7. The molecule has 1 aliphatic heterocycles. The minimum Gasteiger partial charge on any atom is -0.356 e. The first-order valence-corrected chi connectivity index (χ1v) is 13.4.